The van der Waals surface area contributed by atoms with Crippen molar-refractivity contribution in [3.8, 4) is 5.75 Å². The highest BCUT2D eigenvalue weighted by Gasteiger charge is 2.69. The van der Waals surface area contributed by atoms with Gasteiger partial charge in [-0.05, 0) is 50.6 Å². The molecule has 10 heteroatoms. The second kappa shape index (κ2) is 7.29. The number of benzene rings is 1. The number of aromatic hydroxyl groups is 1. The van der Waals surface area contributed by atoms with Gasteiger partial charge in [0.25, 0.3) is 0 Å². The van der Waals surface area contributed by atoms with Crippen molar-refractivity contribution in [1.82, 2.24) is 4.90 Å². The fourth-order valence-electron chi connectivity index (χ4n) is 5.93. The molecule has 3 aliphatic carbocycles. The summed E-state index contributed by atoms with van der Waals surface area (Å²) in [6, 6.07) is 1.46. The lowest BCUT2D eigenvalue weighted by Gasteiger charge is -2.55. The molecule has 2 saturated carbocycles. The number of aliphatic hydroxyl groups is 2. The summed E-state index contributed by atoms with van der Waals surface area (Å²) in [5.74, 6) is -9.04. The van der Waals surface area contributed by atoms with Crippen LogP contribution in [-0.2, 0) is 20.8 Å². The molecule has 1 amide bonds. The van der Waals surface area contributed by atoms with Gasteiger partial charge >= 0.3 is 0 Å². The lowest BCUT2D eigenvalue weighted by atomic mass is 9.51. The van der Waals surface area contributed by atoms with E-state index in [2.05, 4.69) is 0 Å². The van der Waals surface area contributed by atoms with E-state index in [1.165, 1.54) is 17.0 Å². The summed E-state index contributed by atoms with van der Waals surface area (Å²) in [4.78, 5) is 64.8. The maximum absolute atomic E-state index is 13.6. The Kier molecular flexibility index (Phi) is 5.07. The zero-order valence-corrected chi connectivity index (χ0v) is 17.5. The number of likely N-dealkylation sites (N-methyl/N-ethyl adjacent to an activating group) is 1. The summed E-state index contributed by atoms with van der Waals surface area (Å²) in [7, 11) is 3.08. The van der Waals surface area contributed by atoms with Crippen molar-refractivity contribution in [1.29, 1.82) is 0 Å². The van der Waals surface area contributed by atoms with Crippen LogP contribution in [0, 0.1) is 23.7 Å². The number of phenolic OH excluding ortho intramolecular Hbond substituents is 1. The third-order valence-electron chi connectivity index (χ3n) is 7.33. The molecule has 0 saturated heterocycles. The lowest BCUT2D eigenvalue weighted by molar-refractivity contribution is -0.203. The topological polar surface area (TPSA) is 175 Å². The number of Topliss-reactive ketones (excluding diaryl/α,β-unsaturated/α-hetero) is 3. The number of aliphatic hydroxyl groups excluding tert-OH is 1. The monoisotopic (exact) mass is 444 g/mol. The zero-order chi connectivity index (χ0) is 23.7. The van der Waals surface area contributed by atoms with Crippen molar-refractivity contribution in [2.24, 2.45) is 29.4 Å². The van der Waals surface area contributed by atoms with Gasteiger partial charge in [0, 0.05) is 11.5 Å². The molecule has 1 aromatic carbocycles. The third kappa shape index (κ3) is 2.73. The molecule has 4 rings (SSSR count). The van der Waals surface area contributed by atoms with Gasteiger partial charge in [-0.3, -0.25) is 28.9 Å². The quantitative estimate of drug-likeness (QED) is 0.318. The van der Waals surface area contributed by atoms with Crippen LogP contribution in [0.1, 0.15) is 32.7 Å². The van der Waals surface area contributed by atoms with Gasteiger partial charge in [0.1, 0.15) is 24.1 Å². The molecule has 10 nitrogen and oxygen atoms in total. The van der Waals surface area contributed by atoms with Crippen LogP contribution >= 0.6 is 0 Å². The molecule has 0 aromatic heterocycles. The molecule has 2 fully saturated rings. The number of ketones is 3. The minimum Gasteiger partial charge on any atom is -0.507 e. The molecule has 7 atom stereocenters. The number of hydrogen-bond donors (Lipinski definition) is 4. The van der Waals surface area contributed by atoms with Gasteiger partial charge in [-0.1, -0.05) is 0 Å². The van der Waals surface area contributed by atoms with E-state index in [4.69, 9.17) is 5.73 Å². The highest BCUT2D eigenvalue weighted by molar-refractivity contribution is 6.18. The standard InChI is InChI=1S/C22H24N2O8/c1-24(2)16-11-6-9-5-10-8(7-25)3-4-12(26)14(10)17(27)13(9)19(29)22(11,32)20(30)15(18(16)28)21(23)31/h3-4,7,9,11,13,15-16,20,26,30,32H,5-6H2,1-2H3,(H2,23,31)/t9-,11-,13?,15?,16-,20?,22-/m0/s1. The highest BCUT2D eigenvalue weighted by atomic mass is 16.4. The summed E-state index contributed by atoms with van der Waals surface area (Å²) < 4.78 is 0. The predicted molar refractivity (Wildman–Crippen MR) is 108 cm³/mol. The van der Waals surface area contributed by atoms with Crippen LogP contribution < -0.4 is 5.73 Å². The van der Waals surface area contributed by atoms with Crippen LogP contribution in [-0.4, -0.2) is 81.6 Å². The number of carbonyl (C=O) groups is 5. The van der Waals surface area contributed by atoms with Crippen LogP contribution in [0.3, 0.4) is 0 Å². The van der Waals surface area contributed by atoms with Crippen molar-refractivity contribution in [3.05, 3.63) is 28.8 Å². The van der Waals surface area contributed by atoms with Gasteiger partial charge in [-0.2, -0.15) is 0 Å². The molecule has 3 unspecified atom stereocenters. The lowest BCUT2D eigenvalue weighted by Crippen LogP contribution is -2.75. The minimum atomic E-state index is -2.56. The Morgan fingerprint density at radius 2 is 1.91 bits per heavy atom. The number of amides is 1. The Morgan fingerprint density at radius 1 is 1.25 bits per heavy atom. The van der Waals surface area contributed by atoms with E-state index in [0.717, 1.165) is 0 Å². The van der Waals surface area contributed by atoms with Gasteiger partial charge in [-0.15, -0.1) is 0 Å². The molecular formula is C22H24N2O8. The Balaban J connectivity index is 1.88. The maximum atomic E-state index is 13.6. The first-order chi connectivity index (χ1) is 15.0. The highest BCUT2D eigenvalue weighted by Crippen LogP contribution is 2.52. The molecule has 32 heavy (non-hydrogen) atoms. The molecule has 0 spiro atoms. The average Bonchev–Trinajstić information content (AvgIpc) is 2.70. The van der Waals surface area contributed by atoms with E-state index in [1.54, 1.807) is 14.1 Å². The fraction of sp³-hybridized carbons (Fsp3) is 0.500. The van der Waals surface area contributed by atoms with Gasteiger partial charge in [0.15, 0.2) is 23.0 Å². The Bertz CT molecular complexity index is 1070. The van der Waals surface area contributed by atoms with E-state index < -0.39 is 70.4 Å². The van der Waals surface area contributed by atoms with E-state index in [-0.39, 0.29) is 24.0 Å². The second-order valence-corrected chi connectivity index (χ2v) is 9.12. The van der Waals surface area contributed by atoms with Crippen LogP contribution in [0.25, 0.3) is 0 Å². The number of carbonyl (C=O) groups excluding carboxylic acids is 5. The van der Waals surface area contributed by atoms with Gasteiger partial charge in [0.05, 0.1) is 17.5 Å². The van der Waals surface area contributed by atoms with Gasteiger partial charge in [0.2, 0.25) is 5.91 Å². The average molecular weight is 444 g/mol. The molecule has 0 radical (unpaired) electrons. The van der Waals surface area contributed by atoms with Crippen molar-refractivity contribution in [2.75, 3.05) is 14.1 Å². The number of fused-ring (bicyclic) bond motifs is 3. The minimum absolute atomic E-state index is 0.00314. The summed E-state index contributed by atoms with van der Waals surface area (Å²) in [6.45, 7) is 0. The van der Waals surface area contributed by atoms with Crippen LogP contribution in [0.15, 0.2) is 12.1 Å². The fourth-order valence-corrected chi connectivity index (χ4v) is 5.93. The summed E-state index contributed by atoms with van der Waals surface area (Å²) in [6.07, 6.45) is -1.45. The van der Waals surface area contributed by atoms with E-state index >= 15 is 0 Å². The third-order valence-corrected chi connectivity index (χ3v) is 7.33. The predicted octanol–water partition coefficient (Wildman–Crippen LogP) is -1.53. The van der Waals surface area contributed by atoms with Crippen molar-refractivity contribution < 1.29 is 39.3 Å². The van der Waals surface area contributed by atoms with E-state index in [1.807, 2.05) is 0 Å². The Labute approximate surface area is 183 Å². The molecule has 1 aromatic rings. The number of hydrogen-bond acceptors (Lipinski definition) is 9. The molecule has 5 N–H and O–H groups in total. The first-order valence-electron chi connectivity index (χ1n) is 10.2. The molecule has 0 bridgehead atoms. The maximum Gasteiger partial charge on any atom is 0.230 e. The Morgan fingerprint density at radius 3 is 2.47 bits per heavy atom. The first kappa shape index (κ1) is 22.3. The van der Waals surface area contributed by atoms with Crippen LogP contribution in [0.5, 0.6) is 5.75 Å². The molecule has 0 heterocycles. The molecule has 3 aliphatic rings. The van der Waals surface area contributed by atoms with E-state index in [0.29, 0.717) is 11.8 Å². The normalized spacial score (nSPS) is 36.3. The number of phenols is 1. The summed E-state index contributed by atoms with van der Waals surface area (Å²) in [5.41, 5.74) is 3.11. The zero-order valence-electron chi connectivity index (χ0n) is 17.5. The molecule has 0 aliphatic heterocycles. The number of primary amides is 1. The van der Waals surface area contributed by atoms with Crippen molar-refractivity contribution in [3.63, 3.8) is 0 Å². The van der Waals surface area contributed by atoms with Crippen LogP contribution in [0.2, 0.25) is 0 Å². The van der Waals surface area contributed by atoms with Crippen LogP contribution in [0.4, 0.5) is 0 Å². The number of nitrogens with two attached hydrogens (primary N) is 1. The summed E-state index contributed by atoms with van der Waals surface area (Å²) in [5, 5.41) is 32.6. The first-order valence-corrected chi connectivity index (χ1v) is 10.2. The molecule has 170 valence electrons. The van der Waals surface area contributed by atoms with Gasteiger partial charge in [-0.25, -0.2) is 0 Å². The smallest absolute Gasteiger partial charge is 0.230 e. The van der Waals surface area contributed by atoms with Crippen molar-refractivity contribution >= 4 is 29.5 Å². The number of nitrogens with zero attached hydrogens (tertiary/aromatic N) is 1. The number of rotatable bonds is 3. The largest absolute Gasteiger partial charge is 0.507 e. The SMILES string of the molecule is CN(C)[C@@H]1C(=O)C(C(N)=O)C(O)[C@@]2(O)C(=O)C3C(=O)c4c(O)ccc(C=O)c4C[C@H]3C[C@@H]12. The molecular weight excluding hydrogens is 420 g/mol. The Hall–Kier alpha value is -2.95. The van der Waals surface area contributed by atoms with Gasteiger partial charge < -0.3 is 21.1 Å². The van der Waals surface area contributed by atoms with E-state index in [9.17, 15) is 39.3 Å². The summed E-state index contributed by atoms with van der Waals surface area (Å²) >= 11 is 0. The van der Waals surface area contributed by atoms with Crippen molar-refractivity contribution in [2.45, 2.75) is 30.6 Å². The number of aldehydes is 1. The second-order valence-electron chi connectivity index (χ2n) is 9.12.